The topological polar surface area (TPSA) is 39.3 Å². The van der Waals surface area contributed by atoms with Crippen LogP contribution in [-0.4, -0.2) is 53.4 Å². The van der Waals surface area contributed by atoms with Crippen molar-refractivity contribution in [1.29, 1.82) is 0 Å². The number of nitrogens with one attached hydrogen (secondary N) is 1. The molecule has 0 saturated carbocycles. The number of hydrogen-bond donors (Lipinski definition) is 1. The first kappa shape index (κ1) is 15.8. The van der Waals surface area contributed by atoms with Crippen LogP contribution in [0.25, 0.3) is 16.5 Å². The van der Waals surface area contributed by atoms with E-state index in [4.69, 9.17) is 0 Å². The zero-order valence-corrected chi connectivity index (χ0v) is 14.0. The van der Waals surface area contributed by atoms with Gasteiger partial charge in [-0.1, -0.05) is 24.3 Å². The van der Waals surface area contributed by atoms with E-state index < -0.39 is 0 Å². The van der Waals surface area contributed by atoms with Crippen molar-refractivity contribution in [3.8, 4) is 0 Å². The van der Waals surface area contributed by atoms with Crippen molar-refractivity contribution < 1.29 is 4.79 Å². The predicted molar refractivity (Wildman–Crippen MR) is 95.3 cm³/mol. The molecule has 4 heteroatoms. The van der Waals surface area contributed by atoms with Crippen LogP contribution in [0.15, 0.2) is 36.5 Å². The molecule has 1 N–H and O–H groups in total. The van der Waals surface area contributed by atoms with E-state index in [9.17, 15) is 4.79 Å². The fourth-order valence-electron chi connectivity index (χ4n) is 3.30. The summed E-state index contributed by atoms with van der Waals surface area (Å²) in [6.07, 6.45) is 5.37. The van der Waals surface area contributed by atoms with Crippen LogP contribution in [-0.2, 0) is 4.79 Å². The average molecular weight is 311 g/mol. The zero-order chi connectivity index (χ0) is 16.2. The molecule has 0 atom stereocenters. The van der Waals surface area contributed by atoms with Crippen LogP contribution in [0.1, 0.15) is 25.8 Å². The van der Waals surface area contributed by atoms with Gasteiger partial charge in [0.25, 0.3) is 0 Å². The van der Waals surface area contributed by atoms with E-state index in [0.717, 1.165) is 32.6 Å². The lowest BCUT2D eigenvalue weighted by molar-refractivity contribution is -0.131. The van der Waals surface area contributed by atoms with Gasteiger partial charge < -0.3 is 9.88 Å². The van der Waals surface area contributed by atoms with E-state index in [2.05, 4.69) is 46.4 Å². The quantitative estimate of drug-likeness (QED) is 0.921. The molecule has 0 saturated heterocycles. The van der Waals surface area contributed by atoms with Crippen molar-refractivity contribution >= 4 is 22.4 Å². The number of H-pyrrole nitrogens is 1. The van der Waals surface area contributed by atoms with Crippen LogP contribution in [0.3, 0.4) is 0 Å². The Labute approximate surface area is 137 Å². The maximum Gasteiger partial charge on any atom is 0.236 e. The van der Waals surface area contributed by atoms with Crippen LogP contribution < -0.4 is 0 Å². The molecule has 1 aliphatic heterocycles. The Morgan fingerprint density at radius 1 is 1.26 bits per heavy atom. The molecule has 1 aromatic heterocycles. The Hall–Kier alpha value is -2.07. The minimum absolute atomic E-state index is 0.235. The summed E-state index contributed by atoms with van der Waals surface area (Å²) in [5.74, 6) is 0.235. The van der Waals surface area contributed by atoms with E-state index in [-0.39, 0.29) is 5.91 Å². The number of rotatable bonds is 5. The number of benzene rings is 1. The molecular formula is C19H25N3O. The number of nitrogens with zero attached hydrogens (tertiary/aromatic N) is 2. The van der Waals surface area contributed by atoms with Gasteiger partial charge in [-0.05, 0) is 31.9 Å². The highest BCUT2D eigenvalue weighted by molar-refractivity contribution is 5.92. The fraction of sp³-hybridized carbons (Fsp3) is 0.421. The number of amides is 1. The third-order valence-electron chi connectivity index (χ3n) is 4.70. The van der Waals surface area contributed by atoms with Gasteiger partial charge in [-0.2, -0.15) is 0 Å². The van der Waals surface area contributed by atoms with E-state index in [0.29, 0.717) is 6.54 Å². The first-order valence-electron chi connectivity index (χ1n) is 8.48. The molecule has 0 bridgehead atoms. The normalized spacial score (nSPS) is 15.7. The molecule has 1 aromatic carbocycles. The Bertz CT molecular complexity index is 712. The largest absolute Gasteiger partial charge is 0.361 e. The summed E-state index contributed by atoms with van der Waals surface area (Å²) < 4.78 is 0. The van der Waals surface area contributed by atoms with Gasteiger partial charge in [-0.15, -0.1) is 0 Å². The molecule has 2 heterocycles. The van der Waals surface area contributed by atoms with E-state index in [1.54, 1.807) is 0 Å². The molecule has 4 nitrogen and oxygen atoms in total. The smallest absolute Gasteiger partial charge is 0.236 e. The van der Waals surface area contributed by atoms with Gasteiger partial charge in [0.2, 0.25) is 5.91 Å². The minimum Gasteiger partial charge on any atom is -0.361 e. The monoisotopic (exact) mass is 311 g/mol. The highest BCUT2D eigenvalue weighted by Gasteiger charge is 2.19. The van der Waals surface area contributed by atoms with Crippen LogP contribution >= 0.6 is 0 Å². The first-order chi connectivity index (χ1) is 11.2. The summed E-state index contributed by atoms with van der Waals surface area (Å²) in [5, 5.41) is 1.28. The molecule has 2 aromatic rings. The van der Waals surface area contributed by atoms with Crippen molar-refractivity contribution in [2.24, 2.45) is 0 Å². The van der Waals surface area contributed by atoms with E-state index >= 15 is 0 Å². The summed E-state index contributed by atoms with van der Waals surface area (Å²) in [7, 11) is 0. The number of para-hydroxylation sites is 1. The molecule has 0 fully saturated rings. The predicted octanol–water partition coefficient (Wildman–Crippen LogP) is 3.13. The molecule has 122 valence electrons. The summed E-state index contributed by atoms with van der Waals surface area (Å²) in [6.45, 7) is 7.97. The van der Waals surface area contributed by atoms with Crippen LogP contribution in [0, 0.1) is 0 Å². The molecule has 1 aliphatic rings. The molecule has 0 unspecified atom stereocenters. The van der Waals surface area contributed by atoms with Gasteiger partial charge in [-0.25, -0.2) is 0 Å². The number of fused-ring (bicyclic) bond motifs is 1. The average Bonchev–Trinajstić information content (AvgIpc) is 3.01. The SMILES string of the molecule is CCN(CC)C(=O)CN1CC=C(c2c[nH]c3ccccc23)CC1. The van der Waals surface area contributed by atoms with Gasteiger partial charge in [0, 0.05) is 48.8 Å². The summed E-state index contributed by atoms with van der Waals surface area (Å²) in [6, 6.07) is 8.41. The molecule has 0 spiro atoms. The number of hydrogen-bond acceptors (Lipinski definition) is 2. The van der Waals surface area contributed by atoms with Crippen molar-refractivity contribution in [2.75, 3.05) is 32.7 Å². The second-order valence-electron chi connectivity index (χ2n) is 6.03. The second-order valence-corrected chi connectivity index (χ2v) is 6.03. The fourth-order valence-corrected chi connectivity index (χ4v) is 3.30. The van der Waals surface area contributed by atoms with Gasteiger partial charge in [0.1, 0.15) is 0 Å². The van der Waals surface area contributed by atoms with Crippen LogP contribution in [0.2, 0.25) is 0 Å². The molecule has 0 radical (unpaired) electrons. The summed E-state index contributed by atoms with van der Waals surface area (Å²) in [5.41, 5.74) is 3.87. The lowest BCUT2D eigenvalue weighted by Gasteiger charge is -2.28. The lowest BCUT2D eigenvalue weighted by Crippen LogP contribution is -2.41. The Balaban J connectivity index is 1.68. The zero-order valence-electron chi connectivity index (χ0n) is 14.0. The van der Waals surface area contributed by atoms with Gasteiger partial charge in [-0.3, -0.25) is 9.69 Å². The van der Waals surface area contributed by atoms with Gasteiger partial charge in [0.15, 0.2) is 0 Å². The van der Waals surface area contributed by atoms with E-state index in [1.807, 2.05) is 18.7 Å². The Morgan fingerprint density at radius 2 is 2.04 bits per heavy atom. The maximum absolute atomic E-state index is 12.2. The third-order valence-corrected chi connectivity index (χ3v) is 4.70. The molecular weight excluding hydrogens is 286 g/mol. The van der Waals surface area contributed by atoms with Gasteiger partial charge in [0.05, 0.1) is 6.54 Å². The Morgan fingerprint density at radius 3 is 2.74 bits per heavy atom. The standard InChI is InChI=1S/C19H25N3O/c1-3-22(4-2)19(23)14-21-11-9-15(10-12-21)17-13-20-18-8-6-5-7-16(17)18/h5-9,13,20H,3-4,10-12,14H2,1-2H3. The summed E-state index contributed by atoms with van der Waals surface area (Å²) >= 11 is 0. The number of carbonyl (C=O) groups excluding carboxylic acids is 1. The molecule has 0 aliphatic carbocycles. The van der Waals surface area contributed by atoms with Crippen molar-refractivity contribution in [3.05, 3.63) is 42.1 Å². The molecule has 3 rings (SSSR count). The number of aromatic nitrogens is 1. The third kappa shape index (κ3) is 3.32. The van der Waals surface area contributed by atoms with Crippen molar-refractivity contribution in [3.63, 3.8) is 0 Å². The van der Waals surface area contributed by atoms with Crippen molar-refractivity contribution in [2.45, 2.75) is 20.3 Å². The van der Waals surface area contributed by atoms with Crippen LogP contribution in [0.4, 0.5) is 0 Å². The summed E-state index contributed by atoms with van der Waals surface area (Å²) in [4.78, 5) is 19.7. The maximum atomic E-state index is 12.2. The van der Waals surface area contributed by atoms with Gasteiger partial charge >= 0.3 is 0 Å². The Kier molecular flexibility index (Phi) is 4.82. The lowest BCUT2D eigenvalue weighted by atomic mass is 9.99. The highest BCUT2D eigenvalue weighted by Crippen LogP contribution is 2.28. The highest BCUT2D eigenvalue weighted by atomic mass is 16.2. The molecule has 23 heavy (non-hydrogen) atoms. The first-order valence-corrected chi connectivity index (χ1v) is 8.48. The number of likely N-dealkylation sites (N-methyl/N-ethyl adjacent to an activating group) is 1. The van der Waals surface area contributed by atoms with E-state index in [1.165, 1.54) is 22.0 Å². The minimum atomic E-state index is 0.235. The second kappa shape index (κ2) is 7.01. The number of carbonyl (C=O) groups is 1. The van der Waals surface area contributed by atoms with Crippen molar-refractivity contribution in [1.82, 2.24) is 14.8 Å². The van der Waals surface area contributed by atoms with Crippen LogP contribution in [0.5, 0.6) is 0 Å². The molecule has 1 amide bonds. The number of aromatic amines is 1.